The topological polar surface area (TPSA) is 60.2 Å². The third-order valence-electron chi connectivity index (χ3n) is 1.80. The first-order chi connectivity index (χ1) is 6.24. The van der Waals surface area contributed by atoms with E-state index in [1.54, 1.807) is 19.4 Å². The lowest BCUT2D eigenvalue weighted by Crippen LogP contribution is -2.19. The number of ether oxygens (including phenoxy) is 1. The summed E-state index contributed by atoms with van der Waals surface area (Å²) in [6, 6.07) is 3.62. The van der Waals surface area contributed by atoms with Crippen molar-refractivity contribution in [3.05, 3.63) is 18.3 Å². The summed E-state index contributed by atoms with van der Waals surface area (Å²) in [6.45, 7) is 2.68. The van der Waals surface area contributed by atoms with Crippen molar-refractivity contribution in [2.24, 2.45) is 0 Å². The molecule has 72 valence electrons. The molecule has 0 amide bonds. The Bertz CT molecular complexity index is 265. The molecule has 13 heavy (non-hydrogen) atoms. The molecule has 0 fully saturated rings. The number of nitrogens with two attached hydrogens (primary N) is 1. The van der Waals surface area contributed by atoms with Crippen LogP contribution in [0.5, 0.6) is 0 Å². The first-order valence-electron chi connectivity index (χ1n) is 4.21. The summed E-state index contributed by atoms with van der Waals surface area (Å²) in [7, 11) is 1.67. The van der Waals surface area contributed by atoms with Crippen molar-refractivity contribution >= 4 is 11.5 Å². The average molecular weight is 181 g/mol. The molecule has 0 saturated carbocycles. The van der Waals surface area contributed by atoms with Gasteiger partial charge in [0.25, 0.3) is 0 Å². The van der Waals surface area contributed by atoms with Crippen molar-refractivity contribution in [3.63, 3.8) is 0 Å². The Kier molecular flexibility index (Phi) is 3.52. The van der Waals surface area contributed by atoms with Gasteiger partial charge in [0.1, 0.15) is 5.82 Å². The molecule has 1 heterocycles. The Morgan fingerprint density at radius 1 is 1.69 bits per heavy atom. The number of pyridine rings is 1. The van der Waals surface area contributed by atoms with Gasteiger partial charge < -0.3 is 15.8 Å². The lowest BCUT2D eigenvalue weighted by molar-refractivity contribution is 0.128. The standard InChI is InChI=1S/C9H15N3O/c1-7(13-2)6-12-9-8(10)4-3-5-11-9/h3-5,7H,6,10H2,1-2H3,(H,11,12). The molecule has 0 saturated heterocycles. The first-order valence-corrected chi connectivity index (χ1v) is 4.21. The molecule has 1 aromatic rings. The van der Waals surface area contributed by atoms with Gasteiger partial charge in [0.05, 0.1) is 11.8 Å². The van der Waals surface area contributed by atoms with E-state index >= 15 is 0 Å². The number of methoxy groups -OCH3 is 1. The molecule has 3 N–H and O–H groups in total. The molecule has 0 aliphatic rings. The molecule has 0 bridgehead atoms. The highest BCUT2D eigenvalue weighted by Gasteiger charge is 2.01. The van der Waals surface area contributed by atoms with E-state index in [9.17, 15) is 0 Å². The van der Waals surface area contributed by atoms with Crippen LogP contribution in [-0.4, -0.2) is 24.7 Å². The van der Waals surface area contributed by atoms with Crippen LogP contribution in [0, 0.1) is 0 Å². The monoisotopic (exact) mass is 181 g/mol. The second-order valence-corrected chi connectivity index (χ2v) is 2.87. The SMILES string of the molecule is COC(C)CNc1ncccc1N. The summed E-state index contributed by atoms with van der Waals surface area (Å²) < 4.78 is 5.08. The molecule has 0 aliphatic carbocycles. The molecule has 1 unspecified atom stereocenters. The van der Waals surface area contributed by atoms with Crippen LogP contribution < -0.4 is 11.1 Å². The van der Waals surface area contributed by atoms with Crippen LogP contribution in [0.25, 0.3) is 0 Å². The van der Waals surface area contributed by atoms with Crippen molar-refractivity contribution in [1.29, 1.82) is 0 Å². The lowest BCUT2D eigenvalue weighted by Gasteiger charge is -2.12. The highest BCUT2D eigenvalue weighted by atomic mass is 16.5. The Morgan fingerprint density at radius 3 is 3.08 bits per heavy atom. The highest BCUT2D eigenvalue weighted by Crippen LogP contribution is 2.12. The van der Waals surface area contributed by atoms with E-state index < -0.39 is 0 Å². The van der Waals surface area contributed by atoms with Gasteiger partial charge in [-0.25, -0.2) is 4.98 Å². The summed E-state index contributed by atoms with van der Waals surface area (Å²) in [5, 5.41) is 3.10. The van der Waals surface area contributed by atoms with Gasteiger partial charge in [-0.3, -0.25) is 0 Å². The second-order valence-electron chi connectivity index (χ2n) is 2.87. The Labute approximate surface area is 78.1 Å². The fourth-order valence-corrected chi connectivity index (χ4v) is 0.889. The number of nitrogens with zero attached hydrogens (tertiary/aromatic N) is 1. The van der Waals surface area contributed by atoms with E-state index in [4.69, 9.17) is 10.5 Å². The van der Waals surface area contributed by atoms with E-state index in [0.29, 0.717) is 18.1 Å². The largest absolute Gasteiger partial charge is 0.396 e. The molecule has 0 aliphatic heterocycles. The van der Waals surface area contributed by atoms with Crippen molar-refractivity contribution in [2.45, 2.75) is 13.0 Å². The summed E-state index contributed by atoms with van der Waals surface area (Å²) in [5.74, 6) is 0.714. The van der Waals surface area contributed by atoms with E-state index in [-0.39, 0.29) is 6.10 Å². The van der Waals surface area contributed by atoms with Crippen molar-refractivity contribution in [3.8, 4) is 0 Å². The molecule has 0 radical (unpaired) electrons. The van der Waals surface area contributed by atoms with Gasteiger partial charge >= 0.3 is 0 Å². The number of anilines is 2. The van der Waals surface area contributed by atoms with Crippen LogP contribution in [-0.2, 0) is 4.74 Å². The van der Waals surface area contributed by atoms with E-state index in [2.05, 4.69) is 10.3 Å². The zero-order valence-electron chi connectivity index (χ0n) is 7.95. The van der Waals surface area contributed by atoms with Crippen LogP contribution in [0.15, 0.2) is 18.3 Å². The molecule has 1 atom stereocenters. The number of nitrogen functional groups attached to an aromatic ring is 1. The molecule has 4 heteroatoms. The zero-order valence-corrected chi connectivity index (χ0v) is 7.95. The van der Waals surface area contributed by atoms with Gasteiger partial charge in [-0.15, -0.1) is 0 Å². The quantitative estimate of drug-likeness (QED) is 0.730. The van der Waals surface area contributed by atoms with Crippen LogP contribution in [0.4, 0.5) is 11.5 Å². The fraction of sp³-hybridized carbons (Fsp3) is 0.444. The Balaban J connectivity index is 2.50. The Hall–Kier alpha value is -1.29. The molecule has 0 spiro atoms. The van der Waals surface area contributed by atoms with Gasteiger partial charge in [0.2, 0.25) is 0 Å². The third-order valence-corrected chi connectivity index (χ3v) is 1.80. The summed E-state index contributed by atoms with van der Waals surface area (Å²) in [5.41, 5.74) is 6.34. The van der Waals surface area contributed by atoms with Gasteiger partial charge in [0.15, 0.2) is 0 Å². The number of hydrogen-bond acceptors (Lipinski definition) is 4. The highest BCUT2D eigenvalue weighted by molar-refractivity contribution is 5.60. The second kappa shape index (κ2) is 4.67. The molecule has 1 aromatic heterocycles. The maximum absolute atomic E-state index is 5.68. The molecular weight excluding hydrogens is 166 g/mol. The van der Waals surface area contributed by atoms with Crippen molar-refractivity contribution in [2.75, 3.05) is 24.7 Å². The maximum Gasteiger partial charge on any atom is 0.149 e. The predicted octanol–water partition coefficient (Wildman–Crippen LogP) is 1.11. The average Bonchev–Trinajstić information content (AvgIpc) is 2.16. The fourth-order valence-electron chi connectivity index (χ4n) is 0.889. The number of hydrogen-bond donors (Lipinski definition) is 2. The van der Waals surface area contributed by atoms with E-state index in [1.807, 2.05) is 13.0 Å². The predicted molar refractivity (Wildman–Crippen MR) is 53.6 cm³/mol. The van der Waals surface area contributed by atoms with Crippen LogP contribution >= 0.6 is 0 Å². The number of nitrogens with one attached hydrogen (secondary N) is 1. The van der Waals surface area contributed by atoms with Crippen LogP contribution in [0.3, 0.4) is 0 Å². The summed E-state index contributed by atoms with van der Waals surface area (Å²) >= 11 is 0. The lowest BCUT2D eigenvalue weighted by atomic mass is 10.3. The Morgan fingerprint density at radius 2 is 2.46 bits per heavy atom. The van der Waals surface area contributed by atoms with Gasteiger partial charge in [-0.05, 0) is 19.1 Å². The molecule has 0 aromatic carbocycles. The third kappa shape index (κ3) is 2.91. The van der Waals surface area contributed by atoms with Gasteiger partial charge in [-0.2, -0.15) is 0 Å². The van der Waals surface area contributed by atoms with Gasteiger partial charge in [-0.1, -0.05) is 0 Å². The van der Waals surface area contributed by atoms with Crippen molar-refractivity contribution < 1.29 is 4.74 Å². The number of rotatable bonds is 4. The maximum atomic E-state index is 5.68. The van der Waals surface area contributed by atoms with Crippen LogP contribution in [0.1, 0.15) is 6.92 Å². The van der Waals surface area contributed by atoms with E-state index in [0.717, 1.165) is 0 Å². The number of aromatic nitrogens is 1. The minimum atomic E-state index is 0.154. The molecular formula is C9H15N3O. The molecule has 1 rings (SSSR count). The van der Waals surface area contributed by atoms with E-state index in [1.165, 1.54) is 0 Å². The smallest absolute Gasteiger partial charge is 0.149 e. The first kappa shape index (κ1) is 9.80. The summed E-state index contributed by atoms with van der Waals surface area (Å²) in [6.07, 6.45) is 1.86. The van der Waals surface area contributed by atoms with Crippen molar-refractivity contribution in [1.82, 2.24) is 4.98 Å². The van der Waals surface area contributed by atoms with Crippen LogP contribution in [0.2, 0.25) is 0 Å². The normalized spacial score (nSPS) is 12.5. The molecule has 4 nitrogen and oxygen atoms in total. The zero-order chi connectivity index (χ0) is 9.68. The minimum absolute atomic E-state index is 0.154. The summed E-state index contributed by atoms with van der Waals surface area (Å²) in [4.78, 5) is 4.09. The van der Waals surface area contributed by atoms with Gasteiger partial charge in [0, 0.05) is 19.9 Å². The minimum Gasteiger partial charge on any atom is -0.396 e.